The summed E-state index contributed by atoms with van der Waals surface area (Å²) in [4.78, 5) is 16.1. The number of H-pyrrole nitrogens is 1. The third-order valence-corrected chi connectivity index (χ3v) is 4.96. The van der Waals surface area contributed by atoms with Gasteiger partial charge in [-0.15, -0.1) is 0 Å². The molecule has 5 heterocycles. The van der Waals surface area contributed by atoms with Gasteiger partial charge in [-0.3, -0.25) is 9.78 Å². The summed E-state index contributed by atoms with van der Waals surface area (Å²) >= 11 is 0. The van der Waals surface area contributed by atoms with Gasteiger partial charge in [0.2, 0.25) is 0 Å². The highest BCUT2D eigenvalue weighted by Crippen LogP contribution is 2.28. The Morgan fingerprint density at radius 2 is 1.93 bits per heavy atom. The second kappa shape index (κ2) is 6.46. The first-order valence-electron chi connectivity index (χ1n) is 9.19. The number of rotatable bonds is 3. The van der Waals surface area contributed by atoms with Crippen LogP contribution in [0.25, 0.3) is 33.7 Å². The van der Waals surface area contributed by atoms with Gasteiger partial charge in [-0.1, -0.05) is 0 Å². The predicted octanol–water partition coefficient (Wildman–Crippen LogP) is 2.81. The summed E-state index contributed by atoms with van der Waals surface area (Å²) in [6, 6.07) is 4.09. The monoisotopic (exact) mass is 360 g/mol. The molecule has 0 saturated carbocycles. The zero-order valence-corrected chi connectivity index (χ0v) is 15.1. The number of hydrogen-bond donors (Lipinski definition) is 1. The van der Waals surface area contributed by atoms with Crippen molar-refractivity contribution in [1.82, 2.24) is 34.9 Å². The minimum atomic E-state index is 0.642. The Labute approximate surface area is 156 Å². The van der Waals surface area contributed by atoms with Crippen molar-refractivity contribution in [3.05, 3.63) is 36.9 Å². The number of hydrogen-bond acceptors (Lipinski definition) is 6. The van der Waals surface area contributed by atoms with Crippen molar-refractivity contribution in [1.29, 1.82) is 0 Å². The Balaban J connectivity index is 1.56. The van der Waals surface area contributed by atoms with Crippen LogP contribution in [0.15, 0.2) is 36.9 Å². The number of nitrogens with zero attached hydrogens (tertiary/aromatic N) is 7. The van der Waals surface area contributed by atoms with Crippen molar-refractivity contribution in [3.63, 3.8) is 0 Å². The molecule has 0 spiro atoms. The van der Waals surface area contributed by atoms with Gasteiger partial charge in [0.25, 0.3) is 0 Å². The van der Waals surface area contributed by atoms with Crippen LogP contribution in [0.5, 0.6) is 0 Å². The standard InChI is InChI=1S/C19H20N8/c1-26-12-14(10-22-26)19-21-11-15-18(23-19)17(25-24-15)13-5-6-20-16(9-13)27-7-3-2-4-8-27/h5-6,9-12H,2-4,7-8H2,1H3,(H,24,25). The summed E-state index contributed by atoms with van der Waals surface area (Å²) in [5.74, 6) is 1.65. The number of fused-ring (bicyclic) bond motifs is 1. The van der Waals surface area contributed by atoms with Gasteiger partial charge in [0, 0.05) is 38.1 Å². The van der Waals surface area contributed by atoms with Gasteiger partial charge in [0.05, 0.1) is 18.0 Å². The van der Waals surface area contributed by atoms with Gasteiger partial charge >= 0.3 is 0 Å². The number of aromatic nitrogens is 7. The lowest BCUT2D eigenvalue weighted by atomic mass is 10.1. The number of anilines is 1. The summed E-state index contributed by atoms with van der Waals surface area (Å²) in [5.41, 5.74) is 4.33. The highest BCUT2D eigenvalue weighted by molar-refractivity contribution is 5.90. The topological polar surface area (TPSA) is 88.4 Å². The first kappa shape index (κ1) is 15.9. The SMILES string of the molecule is Cn1cc(-c2ncc3[nH]nc(-c4ccnc(N5CCCCC5)c4)c3n2)cn1. The number of aryl methyl sites for hydroxylation is 1. The first-order chi connectivity index (χ1) is 13.3. The molecule has 0 amide bonds. The van der Waals surface area contributed by atoms with Gasteiger partial charge in [-0.25, -0.2) is 15.0 Å². The number of nitrogens with one attached hydrogen (secondary N) is 1. The van der Waals surface area contributed by atoms with E-state index in [1.807, 2.05) is 25.5 Å². The Bertz CT molecular complexity index is 1090. The molecule has 4 aromatic rings. The van der Waals surface area contributed by atoms with E-state index in [1.165, 1.54) is 19.3 Å². The molecule has 1 aliphatic heterocycles. The smallest absolute Gasteiger partial charge is 0.163 e. The minimum Gasteiger partial charge on any atom is -0.357 e. The maximum Gasteiger partial charge on any atom is 0.163 e. The van der Waals surface area contributed by atoms with E-state index >= 15 is 0 Å². The van der Waals surface area contributed by atoms with Crippen LogP contribution < -0.4 is 4.90 Å². The molecular formula is C19H20N8. The predicted molar refractivity (Wildman–Crippen MR) is 103 cm³/mol. The van der Waals surface area contributed by atoms with Crippen LogP contribution >= 0.6 is 0 Å². The van der Waals surface area contributed by atoms with Crippen LogP contribution in [0.1, 0.15) is 19.3 Å². The molecule has 136 valence electrons. The molecule has 8 heteroatoms. The Kier molecular flexibility index (Phi) is 3.81. The van der Waals surface area contributed by atoms with Crippen LogP contribution in [-0.2, 0) is 7.05 Å². The van der Waals surface area contributed by atoms with Crippen LogP contribution in [0, 0.1) is 0 Å². The van der Waals surface area contributed by atoms with Gasteiger partial charge in [0.15, 0.2) is 5.82 Å². The molecule has 1 aliphatic rings. The Morgan fingerprint density at radius 3 is 2.74 bits per heavy atom. The van der Waals surface area contributed by atoms with E-state index in [4.69, 9.17) is 4.98 Å². The van der Waals surface area contributed by atoms with Crippen molar-refractivity contribution in [2.45, 2.75) is 19.3 Å². The highest BCUT2D eigenvalue weighted by Gasteiger charge is 2.16. The molecule has 1 fully saturated rings. The molecule has 0 radical (unpaired) electrons. The molecule has 1 N–H and O–H groups in total. The average molecular weight is 360 g/mol. The fourth-order valence-corrected chi connectivity index (χ4v) is 3.55. The summed E-state index contributed by atoms with van der Waals surface area (Å²) in [7, 11) is 1.88. The van der Waals surface area contributed by atoms with E-state index in [1.54, 1.807) is 17.1 Å². The van der Waals surface area contributed by atoms with Crippen molar-refractivity contribution in [2.75, 3.05) is 18.0 Å². The number of aromatic amines is 1. The average Bonchev–Trinajstić information content (AvgIpc) is 3.34. The van der Waals surface area contributed by atoms with E-state index in [0.29, 0.717) is 5.82 Å². The molecule has 0 aromatic carbocycles. The fourth-order valence-electron chi connectivity index (χ4n) is 3.55. The van der Waals surface area contributed by atoms with E-state index in [9.17, 15) is 0 Å². The van der Waals surface area contributed by atoms with Crippen LogP contribution in [0.2, 0.25) is 0 Å². The zero-order valence-electron chi connectivity index (χ0n) is 15.1. The molecule has 27 heavy (non-hydrogen) atoms. The van der Waals surface area contributed by atoms with Crippen LogP contribution in [-0.4, -0.2) is 48.0 Å². The largest absolute Gasteiger partial charge is 0.357 e. The van der Waals surface area contributed by atoms with Gasteiger partial charge in [-0.05, 0) is 31.4 Å². The third-order valence-electron chi connectivity index (χ3n) is 4.96. The van der Waals surface area contributed by atoms with Crippen molar-refractivity contribution in [2.24, 2.45) is 7.05 Å². The third kappa shape index (κ3) is 2.92. The molecule has 5 rings (SSSR count). The minimum absolute atomic E-state index is 0.642. The summed E-state index contributed by atoms with van der Waals surface area (Å²) in [6.45, 7) is 2.12. The second-order valence-corrected chi connectivity index (χ2v) is 6.88. The summed E-state index contributed by atoms with van der Waals surface area (Å²) < 4.78 is 1.74. The first-order valence-corrected chi connectivity index (χ1v) is 9.19. The summed E-state index contributed by atoms with van der Waals surface area (Å²) in [6.07, 6.45) is 11.0. The second-order valence-electron chi connectivity index (χ2n) is 6.88. The fraction of sp³-hybridized carbons (Fsp3) is 0.316. The molecule has 0 unspecified atom stereocenters. The molecule has 0 aliphatic carbocycles. The Morgan fingerprint density at radius 1 is 1.04 bits per heavy atom. The van der Waals surface area contributed by atoms with Gasteiger partial charge < -0.3 is 4.90 Å². The van der Waals surface area contributed by atoms with Crippen molar-refractivity contribution < 1.29 is 0 Å². The van der Waals surface area contributed by atoms with Crippen LogP contribution in [0.3, 0.4) is 0 Å². The Hall–Kier alpha value is -3.29. The molecule has 1 saturated heterocycles. The molecule has 0 atom stereocenters. The molecular weight excluding hydrogens is 340 g/mol. The van der Waals surface area contributed by atoms with E-state index in [0.717, 1.165) is 46.8 Å². The van der Waals surface area contributed by atoms with Gasteiger partial charge in [0.1, 0.15) is 22.5 Å². The lowest BCUT2D eigenvalue weighted by Crippen LogP contribution is -2.30. The molecule has 8 nitrogen and oxygen atoms in total. The highest BCUT2D eigenvalue weighted by atomic mass is 15.2. The normalized spacial score (nSPS) is 14.8. The summed E-state index contributed by atoms with van der Waals surface area (Å²) in [5, 5.41) is 11.7. The number of pyridine rings is 1. The lowest BCUT2D eigenvalue weighted by Gasteiger charge is -2.27. The van der Waals surface area contributed by atoms with E-state index in [-0.39, 0.29) is 0 Å². The quantitative estimate of drug-likeness (QED) is 0.604. The zero-order chi connectivity index (χ0) is 18.2. The van der Waals surface area contributed by atoms with Crippen molar-refractivity contribution in [3.8, 4) is 22.6 Å². The van der Waals surface area contributed by atoms with Crippen molar-refractivity contribution >= 4 is 16.9 Å². The maximum absolute atomic E-state index is 4.75. The molecule has 0 bridgehead atoms. The lowest BCUT2D eigenvalue weighted by molar-refractivity contribution is 0.573. The maximum atomic E-state index is 4.75. The van der Waals surface area contributed by atoms with E-state index < -0.39 is 0 Å². The molecule has 4 aromatic heterocycles. The van der Waals surface area contributed by atoms with Gasteiger partial charge in [-0.2, -0.15) is 10.2 Å². The van der Waals surface area contributed by atoms with Crippen LogP contribution in [0.4, 0.5) is 5.82 Å². The van der Waals surface area contributed by atoms with E-state index in [2.05, 4.69) is 36.2 Å². The number of piperidine rings is 1.